The van der Waals surface area contributed by atoms with Gasteiger partial charge in [0.05, 0.1) is 0 Å². The third-order valence-corrected chi connectivity index (χ3v) is 1.93. The summed E-state index contributed by atoms with van der Waals surface area (Å²) < 4.78 is 0. The van der Waals surface area contributed by atoms with Crippen LogP contribution in [0.2, 0.25) is 0 Å². The summed E-state index contributed by atoms with van der Waals surface area (Å²) in [6.07, 6.45) is 2.17. The number of hydrogen-bond donors (Lipinski definition) is 0. The van der Waals surface area contributed by atoms with Gasteiger partial charge in [0.1, 0.15) is 0 Å². The zero-order valence-corrected chi connectivity index (χ0v) is 9.41. The Morgan fingerprint density at radius 3 is 1.29 bits per heavy atom. The molecule has 0 aliphatic carbocycles. The van der Waals surface area contributed by atoms with Gasteiger partial charge >= 0.3 is 0 Å². The van der Waals surface area contributed by atoms with Crippen LogP contribution in [0.3, 0.4) is 0 Å². The van der Waals surface area contributed by atoms with Crippen molar-refractivity contribution in [1.29, 1.82) is 0 Å². The summed E-state index contributed by atoms with van der Waals surface area (Å²) >= 11 is 0. The predicted octanol–water partition coefficient (Wildman–Crippen LogP) is 3.28. The van der Waals surface area contributed by atoms with Gasteiger partial charge in [-0.05, 0) is 11.1 Å². The van der Waals surface area contributed by atoms with Crippen LogP contribution in [-0.4, -0.2) is 0 Å². The van der Waals surface area contributed by atoms with Crippen LogP contribution in [0.4, 0.5) is 0 Å². The Kier molecular flexibility index (Phi) is 4.65. The molecule has 2 rings (SSSR count). The first kappa shape index (κ1) is 11.2. The van der Waals surface area contributed by atoms with Crippen LogP contribution in [0.15, 0.2) is 60.7 Å². The van der Waals surface area contributed by atoms with Crippen LogP contribution in [0.25, 0.3) is 0 Å². The van der Waals surface area contributed by atoms with Crippen molar-refractivity contribution in [3.8, 4) is 0 Å². The van der Waals surface area contributed by atoms with Crippen molar-refractivity contribution >= 4 is 0 Å². The van der Waals surface area contributed by atoms with Gasteiger partial charge in [-0.1, -0.05) is 60.7 Å². The first-order valence-corrected chi connectivity index (χ1v) is 4.40. The number of benzene rings is 2. The van der Waals surface area contributed by atoms with Crippen LogP contribution >= 0.6 is 0 Å². The molecule has 0 nitrogen and oxygen atoms in total. The van der Waals surface area contributed by atoms with Gasteiger partial charge in [-0.3, -0.25) is 0 Å². The van der Waals surface area contributed by atoms with Crippen molar-refractivity contribution in [2.45, 2.75) is 0 Å². The third-order valence-electron chi connectivity index (χ3n) is 1.93. The minimum Gasteiger partial charge on any atom is -0.0622 e. The molecule has 67 valence electrons. The second-order valence-electron chi connectivity index (χ2n) is 2.97. The molecule has 0 heterocycles. The summed E-state index contributed by atoms with van der Waals surface area (Å²) in [5.74, 6) is 0. The average Bonchev–Trinajstić information content (AvgIpc) is 2.21. The van der Waals surface area contributed by atoms with Crippen molar-refractivity contribution in [2.75, 3.05) is 0 Å². The van der Waals surface area contributed by atoms with Gasteiger partial charge in [0, 0.05) is 28.1 Å². The Bertz CT molecular complexity index is 316. The fourth-order valence-electron chi connectivity index (χ4n) is 1.29. The molecule has 0 bridgehead atoms. The van der Waals surface area contributed by atoms with E-state index in [1.807, 2.05) is 12.1 Å². The van der Waals surface area contributed by atoms with E-state index in [-0.39, 0.29) is 21.7 Å². The van der Waals surface area contributed by atoms with E-state index in [0.717, 1.165) is 0 Å². The Morgan fingerprint density at radius 2 is 0.929 bits per heavy atom. The Balaban J connectivity index is 0.000000980. The largest absolute Gasteiger partial charge is 0.0622 e. The zero-order chi connectivity index (χ0) is 8.93. The quantitative estimate of drug-likeness (QED) is 0.674. The molecule has 0 saturated heterocycles. The molecule has 0 unspecified atom stereocenters. The standard InChI is InChI=1S/C13H11.Ti/c1-3-7-12(8-4-1)11-13-9-5-2-6-10-13;/h1-11H;. The van der Waals surface area contributed by atoms with Gasteiger partial charge in [0.15, 0.2) is 0 Å². The van der Waals surface area contributed by atoms with E-state index < -0.39 is 0 Å². The van der Waals surface area contributed by atoms with Crippen LogP contribution in [0.1, 0.15) is 11.1 Å². The molecule has 0 spiro atoms. The van der Waals surface area contributed by atoms with E-state index in [1.165, 1.54) is 11.1 Å². The van der Waals surface area contributed by atoms with Crippen LogP contribution in [0.5, 0.6) is 0 Å². The van der Waals surface area contributed by atoms with E-state index in [0.29, 0.717) is 0 Å². The molecule has 0 aliphatic heterocycles. The third kappa shape index (κ3) is 3.13. The molecule has 2 aromatic carbocycles. The van der Waals surface area contributed by atoms with E-state index in [2.05, 4.69) is 55.0 Å². The first-order valence-electron chi connectivity index (χ1n) is 4.40. The number of rotatable bonds is 2. The fraction of sp³-hybridized carbons (Fsp3) is 0. The molecule has 0 aliphatic rings. The van der Waals surface area contributed by atoms with Crippen molar-refractivity contribution in [2.24, 2.45) is 0 Å². The summed E-state index contributed by atoms with van der Waals surface area (Å²) in [6.45, 7) is 0. The average molecular weight is 215 g/mol. The topological polar surface area (TPSA) is 0 Å². The van der Waals surface area contributed by atoms with E-state index in [1.54, 1.807) is 0 Å². The Morgan fingerprint density at radius 1 is 0.571 bits per heavy atom. The molecule has 1 heteroatoms. The van der Waals surface area contributed by atoms with Crippen LogP contribution in [0, 0.1) is 6.42 Å². The fourth-order valence-corrected chi connectivity index (χ4v) is 1.29. The SMILES string of the molecule is [CH](c1ccccc1)c1ccccc1.[Ti]. The molecular weight excluding hydrogens is 204 g/mol. The molecule has 0 saturated carbocycles. The summed E-state index contributed by atoms with van der Waals surface area (Å²) in [7, 11) is 0. The van der Waals surface area contributed by atoms with E-state index in [9.17, 15) is 0 Å². The van der Waals surface area contributed by atoms with Crippen molar-refractivity contribution in [3.63, 3.8) is 0 Å². The Hall–Kier alpha value is -0.846. The molecule has 0 N–H and O–H groups in total. The summed E-state index contributed by atoms with van der Waals surface area (Å²) in [6, 6.07) is 20.7. The minimum atomic E-state index is 0. The maximum absolute atomic E-state index is 2.17. The molecule has 0 fully saturated rings. The molecule has 14 heavy (non-hydrogen) atoms. The van der Waals surface area contributed by atoms with Gasteiger partial charge in [0.2, 0.25) is 0 Å². The maximum atomic E-state index is 2.17. The molecule has 1 radical (unpaired) electrons. The monoisotopic (exact) mass is 215 g/mol. The molecular formula is C13H11Ti. The van der Waals surface area contributed by atoms with Crippen molar-refractivity contribution in [1.82, 2.24) is 0 Å². The van der Waals surface area contributed by atoms with E-state index in [4.69, 9.17) is 0 Å². The smallest absolute Gasteiger partial charge is 0.0199 e. The van der Waals surface area contributed by atoms with Crippen molar-refractivity contribution in [3.05, 3.63) is 78.2 Å². The van der Waals surface area contributed by atoms with Gasteiger partial charge in [0.25, 0.3) is 0 Å². The van der Waals surface area contributed by atoms with Crippen molar-refractivity contribution < 1.29 is 21.7 Å². The maximum Gasteiger partial charge on any atom is 0.0199 e. The molecule has 0 aromatic heterocycles. The normalized spacial score (nSPS) is 9.14. The summed E-state index contributed by atoms with van der Waals surface area (Å²) in [5.41, 5.74) is 2.49. The van der Waals surface area contributed by atoms with Gasteiger partial charge in [-0.15, -0.1) is 0 Å². The zero-order valence-electron chi connectivity index (χ0n) is 7.85. The Labute approximate surface area is 99.9 Å². The van der Waals surface area contributed by atoms with E-state index >= 15 is 0 Å². The minimum absolute atomic E-state index is 0. The van der Waals surface area contributed by atoms with Gasteiger partial charge in [-0.2, -0.15) is 0 Å². The molecule has 2 aromatic rings. The first-order chi connectivity index (χ1) is 6.45. The second-order valence-corrected chi connectivity index (χ2v) is 2.97. The number of hydrogen-bond acceptors (Lipinski definition) is 0. The molecule has 0 amide bonds. The predicted molar refractivity (Wildman–Crippen MR) is 55.4 cm³/mol. The van der Waals surface area contributed by atoms with Crippen LogP contribution in [-0.2, 0) is 21.7 Å². The van der Waals surface area contributed by atoms with Gasteiger partial charge in [-0.25, -0.2) is 0 Å². The molecule has 0 atom stereocenters. The summed E-state index contributed by atoms with van der Waals surface area (Å²) in [5, 5.41) is 0. The van der Waals surface area contributed by atoms with Crippen LogP contribution < -0.4 is 0 Å². The summed E-state index contributed by atoms with van der Waals surface area (Å²) in [4.78, 5) is 0. The second kappa shape index (κ2) is 5.79. The van der Waals surface area contributed by atoms with Gasteiger partial charge < -0.3 is 0 Å².